The Bertz CT molecular complexity index is 1280. The summed E-state index contributed by atoms with van der Waals surface area (Å²) in [5.41, 5.74) is 1.64. The number of rotatable bonds is 7. The van der Waals surface area contributed by atoms with Crippen LogP contribution in [0.1, 0.15) is 32.4 Å². The summed E-state index contributed by atoms with van der Waals surface area (Å²) in [6, 6.07) is 21.1. The van der Waals surface area contributed by atoms with Gasteiger partial charge < -0.3 is 14.8 Å². The molecule has 0 spiro atoms. The van der Waals surface area contributed by atoms with Gasteiger partial charge in [0.1, 0.15) is 5.60 Å². The number of carbonyl (C=O) groups is 2. The van der Waals surface area contributed by atoms with Crippen molar-refractivity contribution in [2.75, 3.05) is 11.8 Å². The van der Waals surface area contributed by atoms with Gasteiger partial charge in [-0.2, -0.15) is 0 Å². The maximum absolute atomic E-state index is 13.0. The highest BCUT2D eigenvalue weighted by molar-refractivity contribution is 7.92. The van der Waals surface area contributed by atoms with Crippen LogP contribution >= 0.6 is 0 Å². The minimum Gasteiger partial charge on any atom is -0.467 e. The van der Waals surface area contributed by atoms with Gasteiger partial charge in [0, 0.05) is 5.69 Å². The smallest absolute Gasteiger partial charge is 0.408 e. The first-order chi connectivity index (χ1) is 16.5. The molecule has 3 aromatic carbocycles. The van der Waals surface area contributed by atoms with Crippen LogP contribution in [0.2, 0.25) is 0 Å². The van der Waals surface area contributed by atoms with Crippen molar-refractivity contribution in [3.05, 3.63) is 84.4 Å². The van der Waals surface area contributed by atoms with E-state index in [4.69, 9.17) is 9.47 Å². The number of ether oxygens (including phenoxy) is 2. The lowest BCUT2D eigenvalue weighted by Crippen LogP contribution is -2.38. The van der Waals surface area contributed by atoms with Gasteiger partial charge in [-0.05, 0) is 61.7 Å². The maximum Gasteiger partial charge on any atom is 0.408 e. The predicted octanol–water partition coefficient (Wildman–Crippen LogP) is 4.89. The highest BCUT2D eigenvalue weighted by atomic mass is 32.2. The molecule has 9 heteroatoms. The Morgan fingerprint density at radius 3 is 2.09 bits per heavy atom. The quantitative estimate of drug-likeness (QED) is 0.451. The Labute approximate surface area is 205 Å². The SMILES string of the molecule is COC(=O)C(NC(=O)OC(C)(C)C)c1cccc(NS(=O)(=O)c2ccc(-c3ccccc3)cc2)c1. The Kier molecular flexibility index (Phi) is 7.81. The number of sulfonamides is 1. The molecular weight excluding hydrogens is 468 g/mol. The molecule has 1 atom stereocenters. The minimum absolute atomic E-state index is 0.0824. The third-order valence-corrected chi connectivity index (χ3v) is 6.24. The summed E-state index contributed by atoms with van der Waals surface area (Å²) in [4.78, 5) is 24.7. The van der Waals surface area contributed by atoms with Gasteiger partial charge in [0.25, 0.3) is 10.0 Å². The maximum atomic E-state index is 13.0. The molecule has 1 amide bonds. The number of esters is 1. The van der Waals surface area contributed by atoms with Crippen molar-refractivity contribution in [3.8, 4) is 11.1 Å². The molecule has 184 valence electrons. The van der Waals surface area contributed by atoms with E-state index in [2.05, 4.69) is 10.0 Å². The molecule has 0 fully saturated rings. The van der Waals surface area contributed by atoms with Gasteiger partial charge in [0.15, 0.2) is 6.04 Å². The van der Waals surface area contributed by atoms with Crippen LogP contribution in [0.3, 0.4) is 0 Å². The largest absolute Gasteiger partial charge is 0.467 e. The first kappa shape index (κ1) is 25.8. The van der Waals surface area contributed by atoms with Crippen molar-refractivity contribution >= 4 is 27.8 Å². The van der Waals surface area contributed by atoms with Crippen molar-refractivity contribution in [3.63, 3.8) is 0 Å². The molecule has 0 aliphatic heterocycles. The van der Waals surface area contributed by atoms with E-state index in [9.17, 15) is 18.0 Å². The number of hydrogen-bond donors (Lipinski definition) is 2. The van der Waals surface area contributed by atoms with Gasteiger partial charge >= 0.3 is 12.1 Å². The summed E-state index contributed by atoms with van der Waals surface area (Å²) in [7, 11) is -2.71. The summed E-state index contributed by atoms with van der Waals surface area (Å²) >= 11 is 0. The molecule has 0 aliphatic rings. The average molecular weight is 497 g/mol. The van der Waals surface area contributed by atoms with Crippen molar-refractivity contribution in [2.24, 2.45) is 0 Å². The number of amides is 1. The van der Waals surface area contributed by atoms with E-state index in [1.165, 1.54) is 25.3 Å². The van der Waals surface area contributed by atoms with E-state index in [0.29, 0.717) is 5.56 Å². The van der Waals surface area contributed by atoms with E-state index in [-0.39, 0.29) is 10.6 Å². The van der Waals surface area contributed by atoms with Crippen LogP contribution in [0.15, 0.2) is 83.8 Å². The highest BCUT2D eigenvalue weighted by Crippen LogP contribution is 2.24. The second kappa shape index (κ2) is 10.6. The molecule has 3 rings (SSSR count). The number of nitrogens with one attached hydrogen (secondary N) is 2. The molecule has 3 aromatic rings. The van der Waals surface area contributed by atoms with E-state index < -0.39 is 33.7 Å². The van der Waals surface area contributed by atoms with E-state index in [0.717, 1.165) is 11.1 Å². The fraction of sp³-hybridized carbons (Fsp3) is 0.231. The second-order valence-corrected chi connectivity index (χ2v) is 10.4. The van der Waals surface area contributed by atoms with Crippen LogP contribution in [-0.4, -0.2) is 33.2 Å². The molecule has 0 saturated carbocycles. The zero-order chi connectivity index (χ0) is 25.6. The summed E-state index contributed by atoms with van der Waals surface area (Å²) in [6.45, 7) is 5.09. The minimum atomic E-state index is -3.91. The molecule has 0 bridgehead atoms. The first-order valence-electron chi connectivity index (χ1n) is 10.8. The number of benzene rings is 3. The van der Waals surface area contributed by atoms with Crippen molar-refractivity contribution in [1.82, 2.24) is 5.32 Å². The number of hydrogen-bond acceptors (Lipinski definition) is 6. The van der Waals surface area contributed by atoms with Crippen LogP contribution in [0.4, 0.5) is 10.5 Å². The first-order valence-corrected chi connectivity index (χ1v) is 12.3. The lowest BCUT2D eigenvalue weighted by Gasteiger charge is -2.23. The third-order valence-electron chi connectivity index (χ3n) is 4.84. The van der Waals surface area contributed by atoms with Crippen molar-refractivity contribution in [1.29, 1.82) is 0 Å². The van der Waals surface area contributed by atoms with Crippen molar-refractivity contribution < 1.29 is 27.5 Å². The predicted molar refractivity (Wildman–Crippen MR) is 133 cm³/mol. The average Bonchev–Trinajstić information content (AvgIpc) is 2.81. The molecular formula is C26H28N2O6S. The van der Waals surface area contributed by atoms with Crippen LogP contribution in [-0.2, 0) is 24.3 Å². The summed E-state index contributed by atoms with van der Waals surface area (Å²) in [6.07, 6.45) is -0.808. The molecule has 0 aromatic heterocycles. The second-order valence-electron chi connectivity index (χ2n) is 8.72. The molecule has 1 unspecified atom stereocenters. The lowest BCUT2D eigenvalue weighted by atomic mass is 10.1. The Morgan fingerprint density at radius 2 is 1.49 bits per heavy atom. The van der Waals surface area contributed by atoms with Crippen LogP contribution < -0.4 is 10.0 Å². The van der Waals surface area contributed by atoms with Gasteiger partial charge in [0.2, 0.25) is 0 Å². The Balaban J connectivity index is 1.81. The number of carbonyl (C=O) groups excluding carboxylic acids is 2. The van der Waals surface area contributed by atoms with Gasteiger partial charge in [-0.15, -0.1) is 0 Å². The monoisotopic (exact) mass is 496 g/mol. The van der Waals surface area contributed by atoms with Gasteiger partial charge in [0.05, 0.1) is 12.0 Å². The van der Waals surface area contributed by atoms with Crippen LogP contribution in [0.25, 0.3) is 11.1 Å². The van der Waals surface area contributed by atoms with Crippen LogP contribution in [0.5, 0.6) is 0 Å². The number of methoxy groups -OCH3 is 1. The molecule has 0 aliphatic carbocycles. The molecule has 8 nitrogen and oxygen atoms in total. The zero-order valence-corrected chi connectivity index (χ0v) is 20.8. The van der Waals surface area contributed by atoms with Crippen LogP contribution in [0, 0.1) is 0 Å². The number of anilines is 1. The molecule has 0 radical (unpaired) electrons. The summed E-state index contributed by atoms with van der Waals surface area (Å²) in [5.74, 6) is -0.729. The Morgan fingerprint density at radius 1 is 0.857 bits per heavy atom. The molecule has 0 heterocycles. The lowest BCUT2D eigenvalue weighted by molar-refractivity contribution is -0.143. The van der Waals surface area contributed by atoms with Gasteiger partial charge in [-0.25, -0.2) is 18.0 Å². The third kappa shape index (κ3) is 7.07. The highest BCUT2D eigenvalue weighted by Gasteiger charge is 2.27. The van der Waals surface area contributed by atoms with Gasteiger partial charge in [-0.3, -0.25) is 4.72 Å². The topological polar surface area (TPSA) is 111 Å². The number of alkyl carbamates (subject to hydrolysis) is 1. The standard InChI is InChI=1S/C26H28N2O6S/c1-26(2,3)34-25(30)27-23(24(29)33-4)20-11-8-12-21(17-20)28-35(31,32)22-15-13-19(14-16-22)18-9-6-5-7-10-18/h5-17,23,28H,1-4H3,(H,27,30). The summed E-state index contributed by atoms with van der Waals surface area (Å²) in [5, 5.41) is 2.47. The van der Waals surface area contributed by atoms with Crippen molar-refractivity contribution in [2.45, 2.75) is 37.3 Å². The van der Waals surface area contributed by atoms with Gasteiger partial charge in [-0.1, -0.05) is 54.6 Å². The van der Waals surface area contributed by atoms with E-state index in [1.807, 2.05) is 30.3 Å². The molecule has 2 N–H and O–H groups in total. The molecule has 35 heavy (non-hydrogen) atoms. The molecule has 0 saturated heterocycles. The normalized spacial score (nSPS) is 12.3. The zero-order valence-electron chi connectivity index (χ0n) is 19.9. The van der Waals surface area contributed by atoms with E-state index in [1.54, 1.807) is 51.1 Å². The Hall–Kier alpha value is -3.85. The fourth-order valence-electron chi connectivity index (χ4n) is 3.27. The fourth-order valence-corrected chi connectivity index (χ4v) is 4.32. The van der Waals surface area contributed by atoms with E-state index >= 15 is 0 Å². The summed E-state index contributed by atoms with van der Waals surface area (Å²) < 4.78 is 38.5.